The summed E-state index contributed by atoms with van der Waals surface area (Å²) in [5, 5.41) is 0. The van der Waals surface area contributed by atoms with Crippen molar-refractivity contribution in [2.24, 2.45) is 5.73 Å². The van der Waals surface area contributed by atoms with Crippen LogP contribution in [0.3, 0.4) is 0 Å². The van der Waals surface area contributed by atoms with Gasteiger partial charge in [0.05, 0.1) is 11.0 Å². The average molecular weight is 229 g/mol. The summed E-state index contributed by atoms with van der Waals surface area (Å²) in [5.41, 5.74) is 8.57. The SMILES string of the molecule is NC1(Cc2nc3ccccc3[nH]2)CCCCC1. The van der Waals surface area contributed by atoms with E-state index in [0.717, 1.165) is 36.1 Å². The summed E-state index contributed by atoms with van der Waals surface area (Å²) in [6.07, 6.45) is 6.99. The molecule has 0 amide bonds. The van der Waals surface area contributed by atoms with Crippen LogP contribution in [0.25, 0.3) is 11.0 Å². The Morgan fingerprint density at radius 3 is 2.71 bits per heavy atom. The van der Waals surface area contributed by atoms with E-state index in [1.165, 1.54) is 19.3 Å². The second-order valence-corrected chi connectivity index (χ2v) is 5.30. The molecule has 1 aromatic heterocycles. The zero-order valence-electron chi connectivity index (χ0n) is 10.1. The number of hydrogen-bond donors (Lipinski definition) is 2. The van der Waals surface area contributed by atoms with E-state index >= 15 is 0 Å². The number of H-pyrrole nitrogens is 1. The molecule has 0 aliphatic heterocycles. The number of nitrogens with zero attached hydrogens (tertiary/aromatic N) is 1. The number of benzene rings is 1. The molecule has 1 aromatic carbocycles. The van der Waals surface area contributed by atoms with Crippen LogP contribution < -0.4 is 5.73 Å². The van der Waals surface area contributed by atoms with Gasteiger partial charge in [0.15, 0.2) is 0 Å². The topological polar surface area (TPSA) is 54.7 Å². The second kappa shape index (κ2) is 4.15. The minimum Gasteiger partial charge on any atom is -0.342 e. The number of rotatable bonds is 2. The number of imidazole rings is 1. The molecule has 3 rings (SSSR count). The number of hydrogen-bond acceptors (Lipinski definition) is 2. The molecule has 17 heavy (non-hydrogen) atoms. The van der Waals surface area contributed by atoms with Gasteiger partial charge in [-0.05, 0) is 25.0 Å². The Morgan fingerprint density at radius 1 is 1.18 bits per heavy atom. The molecular formula is C14H19N3. The first kappa shape index (κ1) is 10.8. The number of nitrogens with two attached hydrogens (primary N) is 1. The molecule has 1 heterocycles. The van der Waals surface area contributed by atoms with E-state index in [1.54, 1.807) is 0 Å². The van der Waals surface area contributed by atoms with Gasteiger partial charge in [-0.3, -0.25) is 0 Å². The minimum atomic E-state index is -0.0356. The Morgan fingerprint density at radius 2 is 1.94 bits per heavy atom. The van der Waals surface area contributed by atoms with Gasteiger partial charge in [0.2, 0.25) is 0 Å². The Hall–Kier alpha value is -1.35. The molecule has 1 aliphatic carbocycles. The van der Waals surface area contributed by atoms with Crippen LogP contribution >= 0.6 is 0 Å². The van der Waals surface area contributed by atoms with Crippen LogP contribution in [0.15, 0.2) is 24.3 Å². The molecule has 0 unspecified atom stereocenters. The maximum absolute atomic E-state index is 6.45. The fourth-order valence-electron chi connectivity index (χ4n) is 2.86. The van der Waals surface area contributed by atoms with Crippen LogP contribution in [0.1, 0.15) is 37.9 Å². The summed E-state index contributed by atoms with van der Waals surface area (Å²) in [5.74, 6) is 1.04. The molecule has 1 saturated carbocycles. The van der Waals surface area contributed by atoms with Gasteiger partial charge in [0.25, 0.3) is 0 Å². The van der Waals surface area contributed by atoms with Crippen molar-refractivity contribution in [1.82, 2.24) is 9.97 Å². The molecule has 3 nitrogen and oxygen atoms in total. The molecule has 0 spiro atoms. The molecule has 3 heteroatoms. The highest BCUT2D eigenvalue weighted by Crippen LogP contribution is 2.28. The Balaban J connectivity index is 1.84. The monoisotopic (exact) mass is 229 g/mol. The minimum absolute atomic E-state index is 0.0356. The van der Waals surface area contributed by atoms with E-state index in [1.807, 2.05) is 18.2 Å². The highest BCUT2D eigenvalue weighted by Gasteiger charge is 2.28. The number of nitrogens with one attached hydrogen (secondary N) is 1. The predicted molar refractivity (Wildman–Crippen MR) is 69.8 cm³/mol. The van der Waals surface area contributed by atoms with Crippen molar-refractivity contribution < 1.29 is 0 Å². The molecule has 0 radical (unpaired) electrons. The molecular weight excluding hydrogens is 210 g/mol. The maximum Gasteiger partial charge on any atom is 0.109 e. The van der Waals surface area contributed by atoms with Crippen molar-refractivity contribution in [3.05, 3.63) is 30.1 Å². The van der Waals surface area contributed by atoms with E-state index in [-0.39, 0.29) is 5.54 Å². The smallest absolute Gasteiger partial charge is 0.109 e. The van der Waals surface area contributed by atoms with Gasteiger partial charge in [-0.1, -0.05) is 31.4 Å². The van der Waals surface area contributed by atoms with E-state index in [2.05, 4.69) is 16.0 Å². The van der Waals surface area contributed by atoms with Gasteiger partial charge in [0.1, 0.15) is 5.82 Å². The highest BCUT2D eigenvalue weighted by atomic mass is 14.9. The average Bonchev–Trinajstić information content (AvgIpc) is 2.71. The van der Waals surface area contributed by atoms with Crippen LogP contribution in [0, 0.1) is 0 Å². The number of aromatic amines is 1. The fraction of sp³-hybridized carbons (Fsp3) is 0.500. The van der Waals surface area contributed by atoms with Gasteiger partial charge < -0.3 is 10.7 Å². The van der Waals surface area contributed by atoms with Crippen molar-refractivity contribution in [3.63, 3.8) is 0 Å². The van der Waals surface area contributed by atoms with Crippen molar-refractivity contribution in [2.45, 2.75) is 44.1 Å². The molecule has 0 atom stereocenters. The molecule has 0 bridgehead atoms. The third-order valence-corrected chi connectivity index (χ3v) is 3.81. The summed E-state index contributed by atoms with van der Waals surface area (Å²) in [6.45, 7) is 0. The van der Waals surface area contributed by atoms with Crippen LogP contribution in [0.2, 0.25) is 0 Å². The first-order valence-electron chi connectivity index (χ1n) is 6.48. The maximum atomic E-state index is 6.45. The highest BCUT2D eigenvalue weighted by molar-refractivity contribution is 5.74. The largest absolute Gasteiger partial charge is 0.342 e. The first-order chi connectivity index (χ1) is 8.25. The third-order valence-electron chi connectivity index (χ3n) is 3.81. The number of aromatic nitrogens is 2. The summed E-state index contributed by atoms with van der Waals surface area (Å²) < 4.78 is 0. The molecule has 90 valence electrons. The van der Waals surface area contributed by atoms with Crippen molar-refractivity contribution in [3.8, 4) is 0 Å². The van der Waals surface area contributed by atoms with Crippen molar-refractivity contribution in [1.29, 1.82) is 0 Å². The first-order valence-corrected chi connectivity index (χ1v) is 6.48. The van der Waals surface area contributed by atoms with Crippen molar-refractivity contribution >= 4 is 11.0 Å². The van der Waals surface area contributed by atoms with Gasteiger partial charge in [-0.15, -0.1) is 0 Å². The van der Waals surface area contributed by atoms with E-state index < -0.39 is 0 Å². The lowest BCUT2D eigenvalue weighted by Crippen LogP contribution is -2.44. The number of fused-ring (bicyclic) bond motifs is 1. The van der Waals surface area contributed by atoms with Crippen LogP contribution in [-0.4, -0.2) is 15.5 Å². The molecule has 1 aliphatic rings. The van der Waals surface area contributed by atoms with E-state index in [0.29, 0.717) is 0 Å². The van der Waals surface area contributed by atoms with Gasteiger partial charge in [-0.2, -0.15) is 0 Å². The third kappa shape index (κ3) is 2.20. The van der Waals surface area contributed by atoms with Gasteiger partial charge in [-0.25, -0.2) is 4.98 Å². The molecule has 0 saturated heterocycles. The second-order valence-electron chi connectivity index (χ2n) is 5.30. The lowest BCUT2D eigenvalue weighted by molar-refractivity contribution is 0.290. The van der Waals surface area contributed by atoms with E-state index in [9.17, 15) is 0 Å². The zero-order valence-corrected chi connectivity index (χ0v) is 10.1. The Bertz CT molecular complexity index is 476. The van der Waals surface area contributed by atoms with E-state index in [4.69, 9.17) is 5.73 Å². The van der Waals surface area contributed by atoms with Crippen molar-refractivity contribution in [2.75, 3.05) is 0 Å². The van der Waals surface area contributed by atoms with Gasteiger partial charge >= 0.3 is 0 Å². The van der Waals surface area contributed by atoms with Crippen LogP contribution in [0.5, 0.6) is 0 Å². The Kier molecular flexibility index (Phi) is 2.63. The predicted octanol–water partition coefficient (Wildman–Crippen LogP) is 2.77. The number of para-hydroxylation sites is 2. The standard InChI is InChI=1S/C14H19N3/c15-14(8-4-1-5-9-14)10-13-16-11-6-2-3-7-12(11)17-13/h2-3,6-7H,1,4-5,8-10,15H2,(H,16,17). The summed E-state index contributed by atoms with van der Waals surface area (Å²) in [6, 6.07) is 8.16. The quantitative estimate of drug-likeness (QED) is 0.832. The Labute approximate surface area is 101 Å². The fourth-order valence-corrected chi connectivity index (χ4v) is 2.86. The van der Waals surface area contributed by atoms with Crippen LogP contribution in [-0.2, 0) is 6.42 Å². The molecule has 2 aromatic rings. The zero-order chi connectivity index (χ0) is 11.7. The lowest BCUT2D eigenvalue weighted by Gasteiger charge is -2.32. The molecule has 1 fully saturated rings. The lowest BCUT2D eigenvalue weighted by atomic mass is 9.80. The normalized spacial score (nSPS) is 19.6. The van der Waals surface area contributed by atoms with Crippen LogP contribution in [0.4, 0.5) is 0 Å². The summed E-state index contributed by atoms with van der Waals surface area (Å²) >= 11 is 0. The van der Waals surface area contributed by atoms with Gasteiger partial charge in [0, 0.05) is 12.0 Å². The summed E-state index contributed by atoms with van der Waals surface area (Å²) in [4.78, 5) is 7.99. The molecule has 3 N–H and O–H groups in total. The summed E-state index contributed by atoms with van der Waals surface area (Å²) in [7, 11) is 0.